The van der Waals surface area contributed by atoms with Gasteiger partial charge in [0.2, 0.25) is 0 Å². The molecule has 0 bridgehead atoms. The highest BCUT2D eigenvalue weighted by atomic mass is 32.2. The summed E-state index contributed by atoms with van der Waals surface area (Å²) in [6.45, 7) is 9.60. The van der Waals surface area contributed by atoms with E-state index in [9.17, 15) is 8.42 Å². The molecule has 0 aromatic carbocycles. The Morgan fingerprint density at radius 1 is 1.00 bits per heavy atom. The van der Waals surface area contributed by atoms with E-state index in [2.05, 4.69) is 0 Å². The van der Waals surface area contributed by atoms with Crippen LogP contribution in [0, 0.1) is 11.8 Å². The minimum atomic E-state index is -2.86. The zero-order valence-corrected chi connectivity index (χ0v) is 9.48. The minimum absolute atomic E-state index is 0.178. The Morgan fingerprint density at radius 3 is 1.42 bits per heavy atom. The molecule has 0 atom stereocenters. The van der Waals surface area contributed by atoms with Crippen molar-refractivity contribution in [1.29, 1.82) is 0 Å². The minimum Gasteiger partial charge on any atom is -0.229 e. The first-order chi connectivity index (χ1) is 5.33. The second kappa shape index (κ2) is 4.26. The Bertz CT molecular complexity index is 207. The third-order valence-corrected chi connectivity index (χ3v) is 4.85. The topological polar surface area (TPSA) is 34.1 Å². The van der Waals surface area contributed by atoms with Crippen LogP contribution in [0.5, 0.6) is 0 Å². The first-order valence-corrected chi connectivity index (χ1v) is 6.26. The molecule has 0 rings (SSSR count). The molecular formula is C9H20O2S. The molecule has 2 nitrogen and oxygen atoms in total. The highest BCUT2D eigenvalue weighted by molar-refractivity contribution is 7.92. The molecule has 3 heteroatoms. The molecule has 0 aromatic rings. The summed E-state index contributed by atoms with van der Waals surface area (Å²) in [5.41, 5.74) is 0. The zero-order chi connectivity index (χ0) is 9.94. The van der Waals surface area contributed by atoms with Crippen LogP contribution in [-0.4, -0.2) is 19.4 Å². The van der Waals surface area contributed by atoms with Crippen molar-refractivity contribution >= 4 is 9.84 Å². The second-order valence-electron chi connectivity index (χ2n) is 3.90. The van der Waals surface area contributed by atoms with Crippen LogP contribution in [0.25, 0.3) is 0 Å². The van der Waals surface area contributed by atoms with Gasteiger partial charge in [-0.25, -0.2) is 8.42 Å². The SMILES string of the molecule is CCS(=O)(=O)C(C(C)C)C(C)C. The molecular weight excluding hydrogens is 172 g/mol. The van der Waals surface area contributed by atoms with Crippen LogP contribution in [0.1, 0.15) is 34.6 Å². The maximum absolute atomic E-state index is 11.6. The van der Waals surface area contributed by atoms with Gasteiger partial charge >= 0.3 is 0 Å². The third-order valence-electron chi connectivity index (χ3n) is 2.13. The number of hydrogen-bond donors (Lipinski definition) is 0. The van der Waals surface area contributed by atoms with Gasteiger partial charge in [-0.2, -0.15) is 0 Å². The summed E-state index contributed by atoms with van der Waals surface area (Å²) in [7, 11) is -2.86. The fourth-order valence-corrected chi connectivity index (χ4v) is 3.84. The van der Waals surface area contributed by atoms with Crippen molar-refractivity contribution in [2.24, 2.45) is 11.8 Å². The quantitative estimate of drug-likeness (QED) is 0.683. The molecule has 0 aliphatic carbocycles. The Morgan fingerprint density at radius 2 is 1.33 bits per heavy atom. The van der Waals surface area contributed by atoms with Crippen LogP contribution < -0.4 is 0 Å². The average Bonchev–Trinajstić information content (AvgIpc) is 1.84. The van der Waals surface area contributed by atoms with Crippen LogP contribution in [0.2, 0.25) is 0 Å². The smallest absolute Gasteiger partial charge is 0.153 e. The van der Waals surface area contributed by atoms with Crippen molar-refractivity contribution in [3.63, 3.8) is 0 Å². The van der Waals surface area contributed by atoms with Crippen LogP contribution in [0.3, 0.4) is 0 Å². The van der Waals surface area contributed by atoms with Crippen molar-refractivity contribution in [2.75, 3.05) is 5.75 Å². The van der Waals surface area contributed by atoms with Gasteiger partial charge in [-0.3, -0.25) is 0 Å². The first kappa shape index (κ1) is 11.9. The molecule has 0 spiro atoms. The zero-order valence-electron chi connectivity index (χ0n) is 8.66. The molecule has 0 fully saturated rings. The fraction of sp³-hybridized carbons (Fsp3) is 1.00. The van der Waals surface area contributed by atoms with Crippen LogP contribution in [0.15, 0.2) is 0 Å². The predicted octanol–water partition coefficient (Wildman–Crippen LogP) is 2.10. The van der Waals surface area contributed by atoms with Gasteiger partial charge in [0, 0.05) is 5.75 Å². The molecule has 0 saturated carbocycles. The van der Waals surface area contributed by atoms with E-state index in [4.69, 9.17) is 0 Å². The van der Waals surface area contributed by atoms with Gasteiger partial charge in [-0.05, 0) is 11.8 Å². The maximum Gasteiger partial charge on any atom is 0.153 e. The van der Waals surface area contributed by atoms with E-state index in [0.717, 1.165) is 0 Å². The van der Waals surface area contributed by atoms with Gasteiger partial charge in [0.05, 0.1) is 5.25 Å². The molecule has 0 heterocycles. The Balaban J connectivity index is 4.76. The summed E-state index contributed by atoms with van der Waals surface area (Å²) in [4.78, 5) is 0. The molecule has 12 heavy (non-hydrogen) atoms. The van der Waals surface area contributed by atoms with E-state index in [-0.39, 0.29) is 22.8 Å². The molecule has 0 saturated heterocycles. The summed E-state index contributed by atoms with van der Waals surface area (Å²) < 4.78 is 23.2. The number of rotatable bonds is 4. The predicted molar refractivity (Wildman–Crippen MR) is 52.9 cm³/mol. The molecule has 0 amide bonds. The van der Waals surface area contributed by atoms with Crippen LogP contribution in [-0.2, 0) is 9.84 Å². The van der Waals surface area contributed by atoms with Crippen molar-refractivity contribution in [3.05, 3.63) is 0 Å². The molecule has 0 aromatic heterocycles. The van der Waals surface area contributed by atoms with Gasteiger partial charge in [0.25, 0.3) is 0 Å². The monoisotopic (exact) mass is 192 g/mol. The third kappa shape index (κ3) is 2.77. The van der Waals surface area contributed by atoms with E-state index in [0.29, 0.717) is 0 Å². The van der Waals surface area contributed by atoms with E-state index >= 15 is 0 Å². The van der Waals surface area contributed by atoms with Gasteiger partial charge in [-0.15, -0.1) is 0 Å². The van der Waals surface area contributed by atoms with E-state index in [1.165, 1.54) is 0 Å². The van der Waals surface area contributed by atoms with Crippen molar-refractivity contribution in [3.8, 4) is 0 Å². The van der Waals surface area contributed by atoms with Crippen molar-refractivity contribution < 1.29 is 8.42 Å². The number of hydrogen-bond acceptors (Lipinski definition) is 2. The molecule has 0 unspecified atom stereocenters. The van der Waals surface area contributed by atoms with Gasteiger partial charge in [0.1, 0.15) is 0 Å². The first-order valence-electron chi connectivity index (χ1n) is 4.54. The Kier molecular flexibility index (Phi) is 4.24. The lowest BCUT2D eigenvalue weighted by molar-refractivity contribution is 0.451. The second-order valence-corrected chi connectivity index (χ2v) is 6.35. The lowest BCUT2D eigenvalue weighted by atomic mass is 10.0. The summed E-state index contributed by atoms with van der Waals surface area (Å²) in [5, 5.41) is -0.178. The molecule has 0 aliphatic rings. The van der Waals surface area contributed by atoms with Gasteiger partial charge < -0.3 is 0 Å². The normalized spacial score (nSPS) is 13.3. The lowest BCUT2D eigenvalue weighted by Gasteiger charge is -2.23. The highest BCUT2D eigenvalue weighted by Gasteiger charge is 2.29. The fourth-order valence-electron chi connectivity index (χ4n) is 1.79. The molecule has 0 aliphatic heterocycles. The van der Waals surface area contributed by atoms with Gasteiger partial charge in [0.15, 0.2) is 9.84 Å². The Labute approximate surface area is 76.3 Å². The summed E-state index contributed by atoms with van der Waals surface area (Å²) >= 11 is 0. The molecule has 74 valence electrons. The Hall–Kier alpha value is -0.0500. The largest absolute Gasteiger partial charge is 0.229 e. The van der Waals surface area contributed by atoms with Crippen LogP contribution >= 0.6 is 0 Å². The molecule has 0 radical (unpaired) electrons. The van der Waals surface area contributed by atoms with Crippen LogP contribution in [0.4, 0.5) is 0 Å². The standard InChI is InChI=1S/C9H20O2S/c1-6-12(10,11)9(7(2)3)8(4)5/h7-9H,6H2,1-5H3. The summed E-state index contributed by atoms with van der Waals surface area (Å²) in [5.74, 6) is 0.693. The number of sulfone groups is 1. The van der Waals surface area contributed by atoms with Crippen molar-refractivity contribution in [2.45, 2.75) is 39.9 Å². The maximum atomic E-state index is 11.6. The average molecular weight is 192 g/mol. The molecule has 0 N–H and O–H groups in total. The lowest BCUT2D eigenvalue weighted by Crippen LogP contribution is -2.33. The van der Waals surface area contributed by atoms with Gasteiger partial charge in [-0.1, -0.05) is 34.6 Å². The highest BCUT2D eigenvalue weighted by Crippen LogP contribution is 2.21. The summed E-state index contributed by atoms with van der Waals surface area (Å²) in [6, 6.07) is 0. The van der Waals surface area contributed by atoms with E-state index in [1.54, 1.807) is 6.92 Å². The van der Waals surface area contributed by atoms with E-state index in [1.807, 2.05) is 27.7 Å². The van der Waals surface area contributed by atoms with Crippen molar-refractivity contribution in [1.82, 2.24) is 0 Å². The van der Waals surface area contributed by atoms with E-state index < -0.39 is 9.84 Å². The summed E-state index contributed by atoms with van der Waals surface area (Å²) in [6.07, 6.45) is 0.